The number of likely N-dealkylation sites (tertiary alicyclic amines) is 1. The summed E-state index contributed by atoms with van der Waals surface area (Å²) in [6, 6.07) is 2.76. The summed E-state index contributed by atoms with van der Waals surface area (Å²) in [5, 5.41) is 15.7. The van der Waals surface area contributed by atoms with Crippen LogP contribution in [0.4, 0.5) is 5.82 Å². The van der Waals surface area contributed by atoms with E-state index < -0.39 is 18.1 Å². The van der Waals surface area contributed by atoms with E-state index >= 15 is 0 Å². The van der Waals surface area contributed by atoms with Gasteiger partial charge in [-0.15, -0.1) is 0 Å². The maximum atomic E-state index is 12.9. The van der Waals surface area contributed by atoms with E-state index in [1.807, 2.05) is 6.92 Å². The van der Waals surface area contributed by atoms with Crippen LogP contribution >= 0.6 is 0 Å². The highest BCUT2D eigenvalue weighted by Crippen LogP contribution is 2.25. The number of ether oxygens (including phenoxy) is 1. The predicted molar refractivity (Wildman–Crippen MR) is 138 cm³/mol. The minimum absolute atomic E-state index is 0.00803. The van der Waals surface area contributed by atoms with Gasteiger partial charge in [-0.05, 0) is 56.1 Å². The van der Waals surface area contributed by atoms with E-state index in [2.05, 4.69) is 22.8 Å². The van der Waals surface area contributed by atoms with E-state index in [0.29, 0.717) is 19.6 Å². The van der Waals surface area contributed by atoms with Crippen LogP contribution in [0.2, 0.25) is 0 Å². The molecule has 2 amide bonds. The van der Waals surface area contributed by atoms with Crippen LogP contribution in [-0.2, 0) is 32.0 Å². The van der Waals surface area contributed by atoms with Crippen molar-refractivity contribution in [1.82, 2.24) is 15.2 Å². The second-order valence-corrected chi connectivity index (χ2v) is 10.1. The molecule has 2 aliphatic heterocycles. The van der Waals surface area contributed by atoms with Crippen molar-refractivity contribution in [2.75, 3.05) is 32.1 Å². The van der Waals surface area contributed by atoms with E-state index in [-0.39, 0.29) is 24.2 Å². The molecule has 1 aromatic heterocycles. The second kappa shape index (κ2) is 14.2. The van der Waals surface area contributed by atoms with E-state index in [1.165, 1.54) is 12.7 Å². The zero-order valence-electron chi connectivity index (χ0n) is 21.8. The lowest BCUT2D eigenvalue weighted by atomic mass is 10.0. The number of aromatic nitrogens is 1. The molecule has 3 atom stereocenters. The first kappa shape index (κ1) is 27.9. The average Bonchev–Trinajstić information content (AvgIpc) is 3.27. The lowest BCUT2D eigenvalue weighted by molar-refractivity contribution is -0.144. The number of nitrogens with zero attached hydrogens (tertiary/aromatic N) is 2. The summed E-state index contributed by atoms with van der Waals surface area (Å²) in [4.78, 5) is 43.5. The topological polar surface area (TPSA) is 121 Å². The van der Waals surface area contributed by atoms with Gasteiger partial charge >= 0.3 is 5.97 Å². The van der Waals surface area contributed by atoms with Crippen molar-refractivity contribution in [2.24, 2.45) is 5.92 Å². The van der Waals surface area contributed by atoms with Gasteiger partial charge in [-0.3, -0.25) is 9.59 Å². The highest BCUT2D eigenvalue weighted by molar-refractivity contribution is 5.91. The first-order valence-electron chi connectivity index (χ1n) is 13.4. The van der Waals surface area contributed by atoms with Gasteiger partial charge < -0.3 is 25.4 Å². The number of carboxylic acids is 1. The van der Waals surface area contributed by atoms with E-state index in [4.69, 9.17) is 9.72 Å². The van der Waals surface area contributed by atoms with Gasteiger partial charge in [0, 0.05) is 25.9 Å². The minimum Gasteiger partial charge on any atom is -0.480 e. The number of unbranched alkanes of at least 4 members (excludes halogenated alkanes) is 4. The van der Waals surface area contributed by atoms with Gasteiger partial charge in [0.15, 0.2) is 0 Å². The Kier molecular flexibility index (Phi) is 11.0. The molecule has 1 aromatic rings. The number of aryl methyl sites for hydroxylation is 2. The van der Waals surface area contributed by atoms with Crippen LogP contribution in [0.25, 0.3) is 0 Å². The van der Waals surface area contributed by atoms with Crippen molar-refractivity contribution < 1.29 is 24.2 Å². The van der Waals surface area contributed by atoms with Crippen LogP contribution in [0.1, 0.15) is 76.0 Å². The Balaban J connectivity index is 1.36. The summed E-state index contributed by atoms with van der Waals surface area (Å²) < 4.78 is 4.98. The molecule has 0 saturated carbocycles. The second-order valence-electron chi connectivity index (χ2n) is 10.1. The molecule has 3 rings (SSSR count). The molecule has 1 fully saturated rings. The molecule has 0 spiro atoms. The molecule has 3 heterocycles. The van der Waals surface area contributed by atoms with Crippen molar-refractivity contribution in [3.63, 3.8) is 0 Å². The van der Waals surface area contributed by atoms with Gasteiger partial charge in [-0.25, -0.2) is 9.78 Å². The molecule has 0 unspecified atom stereocenters. The van der Waals surface area contributed by atoms with Crippen LogP contribution in [0.3, 0.4) is 0 Å². The zero-order valence-corrected chi connectivity index (χ0v) is 21.8. The van der Waals surface area contributed by atoms with Crippen LogP contribution in [0.15, 0.2) is 12.1 Å². The van der Waals surface area contributed by atoms with E-state index in [0.717, 1.165) is 75.8 Å². The Bertz CT molecular complexity index is 893. The Hall–Kier alpha value is -2.68. The van der Waals surface area contributed by atoms with Crippen molar-refractivity contribution in [3.8, 4) is 0 Å². The number of amides is 2. The molecule has 0 radical (unpaired) electrons. The number of hydrogen-bond donors (Lipinski definition) is 3. The number of rotatable bonds is 14. The Morgan fingerprint density at radius 1 is 1.22 bits per heavy atom. The Morgan fingerprint density at radius 3 is 2.78 bits per heavy atom. The van der Waals surface area contributed by atoms with Crippen LogP contribution in [-0.4, -0.2) is 71.7 Å². The molecular weight excluding hydrogens is 460 g/mol. The summed E-state index contributed by atoms with van der Waals surface area (Å²) in [7, 11) is 1.53. The van der Waals surface area contributed by atoms with Crippen molar-refractivity contribution in [2.45, 2.75) is 89.6 Å². The summed E-state index contributed by atoms with van der Waals surface area (Å²) in [6.07, 6.45) is 9.32. The summed E-state index contributed by atoms with van der Waals surface area (Å²) in [5.41, 5.74) is 2.42. The zero-order chi connectivity index (χ0) is 25.9. The molecule has 200 valence electrons. The fourth-order valence-electron chi connectivity index (χ4n) is 5.17. The Morgan fingerprint density at radius 2 is 2.00 bits per heavy atom. The number of carbonyl (C=O) groups excluding carboxylic acids is 2. The molecular formula is C27H42N4O5. The first-order chi connectivity index (χ1) is 17.4. The fraction of sp³-hybridized carbons (Fsp3) is 0.704. The number of nitrogens with one attached hydrogen (secondary N) is 2. The third kappa shape index (κ3) is 7.91. The average molecular weight is 503 g/mol. The smallest absolute Gasteiger partial charge is 0.326 e. The molecule has 1 saturated heterocycles. The van der Waals surface area contributed by atoms with Gasteiger partial charge in [0.25, 0.3) is 0 Å². The maximum absolute atomic E-state index is 12.9. The molecule has 0 bridgehead atoms. The third-order valence-corrected chi connectivity index (χ3v) is 7.30. The summed E-state index contributed by atoms with van der Waals surface area (Å²) in [5.74, 6) is -0.500. The first-order valence-corrected chi connectivity index (χ1v) is 13.4. The quantitative estimate of drug-likeness (QED) is 0.334. The van der Waals surface area contributed by atoms with E-state index in [1.54, 1.807) is 4.90 Å². The number of anilines is 1. The fourth-order valence-corrected chi connectivity index (χ4v) is 5.17. The number of fused-ring (bicyclic) bond motifs is 1. The van der Waals surface area contributed by atoms with Crippen molar-refractivity contribution in [3.05, 3.63) is 23.4 Å². The lowest BCUT2D eigenvalue weighted by Gasteiger charge is -2.27. The lowest BCUT2D eigenvalue weighted by Crippen LogP contribution is -2.52. The standard InChI is InChI=1S/C27H42N4O5/c1-19-14-17-31(23(32)15-18-36-2)24(19)26(33)30-22(27(34)35)11-7-5-3-4-6-10-21-13-12-20-9-8-16-28-25(20)29-21/h12-13,19,22,24H,3-11,14-18H2,1-2H3,(H,28,29)(H,30,33)(H,34,35)/t19-,22-,24-/m0/s1. The number of carboxylic acid groups (broad SMARTS) is 1. The predicted octanol–water partition coefficient (Wildman–Crippen LogP) is 3.17. The summed E-state index contributed by atoms with van der Waals surface area (Å²) >= 11 is 0. The van der Waals surface area contributed by atoms with Crippen molar-refractivity contribution >= 4 is 23.6 Å². The maximum Gasteiger partial charge on any atom is 0.326 e. The highest BCUT2D eigenvalue weighted by atomic mass is 16.5. The SMILES string of the molecule is COCCC(=O)N1CC[C@H](C)[C@H]1C(=O)N[C@@H](CCCCCCCc1ccc2c(n1)NCCC2)C(=O)O. The molecule has 0 aromatic carbocycles. The number of carbonyl (C=O) groups is 3. The van der Waals surface area contributed by atoms with Gasteiger partial charge in [0.05, 0.1) is 13.0 Å². The monoisotopic (exact) mass is 502 g/mol. The number of aliphatic carboxylic acids is 1. The molecule has 36 heavy (non-hydrogen) atoms. The minimum atomic E-state index is -1.03. The largest absolute Gasteiger partial charge is 0.480 e. The van der Waals surface area contributed by atoms with Crippen LogP contribution in [0.5, 0.6) is 0 Å². The molecule has 3 N–H and O–H groups in total. The van der Waals surface area contributed by atoms with Gasteiger partial charge in [-0.2, -0.15) is 0 Å². The molecule has 9 nitrogen and oxygen atoms in total. The molecule has 9 heteroatoms. The highest BCUT2D eigenvalue weighted by Gasteiger charge is 2.40. The van der Waals surface area contributed by atoms with Crippen LogP contribution < -0.4 is 10.6 Å². The molecule has 0 aliphatic carbocycles. The Labute approximate surface area is 214 Å². The van der Waals surface area contributed by atoms with Gasteiger partial charge in [-0.1, -0.05) is 38.7 Å². The summed E-state index contributed by atoms with van der Waals surface area (Å²) in [6.45, 7) is 3.74. The van der Waals surface area contributed by atoms with Gasteiger partial charge in [0.1, 0.15) is 17.9 Å². The van der Waals surface area contributed by atoms with Gasteiger partial charge in [0.2, 0.25) is 11.8 Å². The number of pyridine rings is 1. The molecule has 2 aliphatic rings. The number of hydrogen-bond acceptors (Lipinski definition) is 6. The van der Waals surface area contributed by atoms with Crippen LogP contribution in [0, 0.1) is 5.92 Å². The van der Waals surface area contributed by atoms with E-state index in [9.17, 15) is 19.5 Å². The number of methoxy groups -OCH3 is 1. The third-order valence-electron chi connectivity index (χ3n) is 7.30. The normalized spacial score (nSPS) is 19.9. The van der Waals surface area contributed by atoms with Crippen molar-refractivity contribution in [1.29, 1.82) is 0 Å².